The average molecular weight is 388 g/mol. The van der Waals surface area contributed by atoms with Crippen molar-refractivity contribution in [3.63, 3.8) is 0 Å². The molecule has 0 spiro atoms. The Kier molecular flexibility index (Phi) is 4.62. The van der Waals surface area contributed by atoms with Gasteiger partial charge in [0.25, 0.3) is 5.88 Å². The first kappa shape index (κ1) is 18.2. The van der Waals surface area contributed by atoms with Crippen LogP contribution in [0, 0.1) is 16.0 Å². The summed E-state index contributed by atoms with van der Waals surface area (Å²) in [5, 5.41) is 14.7. The van der Waals surface area contributed by atoms with Crippen molar-refractivity contribution in [2.24, 2.45) is 5.92 Å². The molecule has 28 heavy (non-hydrogen) atoms. The van der Waals surface area contributed by atoms with Crippen LogP contribution in [0.1, 0.15) is 30.2 Å². The summed E-state index contributed by atoms with van der Waals surface area (Å²) in [5.41, 5.74) is -0.195. The summed E-state index contributed by atoms with van der Waals surface area (Å²) >= 11 is 0. The maximum Gasteiger partial charge on any atom is 0.334 e. The summed E-state index contributed by atoms with van der Waals surface area (Å²) in [6.45, 7) is 1.45. The lowest BCUT2D eigenvalue weighted by Crippen LogP contribution is -2.49. The van der Waals surface area contributed by atoms with E-state index < -0.39 is 16.2 Å². The highest BCUT2D eigenvalue weighted by molar-refractivity contribution is 5.76. The van der Waals surface area contributed by atoms with Gasteiger partial charge >= 0.3 is 11.2 Å². The highest BCUT2D eigenvalue weighted by atomic mass is 16.6. The molecule has 1 saturated heterocycles. The molecule has 2 aromatic rings. The molecule has 2 atom stereocenters. The van der Waals surface area contributed by atoms with Crippen LogP contribution in [0.15, 0.2) is 27.5 Å². The second-order valence-electron chi connectivity index (χ2n) is 7.25. The summed E-state index contributed by atoms with van der Waals surface area (Å²) in [4.78, 5) is 37.3. The fraction of sp³-hybridized carbons (Fsp3) is 0.500. The number of hydrogen-bond donors (Lipinski definition) is 0. The molecular formula is C18H20N4O6. The van der Waals surface area contributed by atoms with Crippen LogP contribution in [0.3, 0.4) is 0 Å². The second-order valence-corrected chi connectivity index (χ2v) is 7.25. The highest BCUT2D eigenvalue weighted by Crippen LogP contribution is 2.35. The van der Waals surface area contributed by atoms with E-state index in [0.29, 0.717) is 44.1 Å². The lowest BCUT2D eigenvalue weighted by Gasteiger charge is -2.42. The van der Waals surface area contributed by atoms with Crippen LogP contribution in [-0.2, 0) is 17.8 Å². The molecular weight excluding hydrogens is 368 g/mol. The molecule has 0 unspecified atom stereocenters. The van der Waals surface area contributed by atoms with Gasteiger partial charge in [-0.3, -0.25) is 19.7 Å². The van der Waals surface area contributed by atoms with Crippen LogP contribution in [0.5, 0.6) is 5.88 Å². The smallest absolute Gasteiger partial charge is 0.334 e. The van der Waals surface area contributed by atoms with Crippen molar-refractivity contribution in [1.82, 2.24) is 14.6 Å². The Morgan fingerprint density at radius 2 is 2.21 bits per heavy atom. The first-order valence-corrected chi connectivity index (χ1v) is 9.11. The Morgan fingerprint density at radius 3 is 2.93 bits per heavy atom. The van der Waals surface area contributed by atoms with Gasteiger partial charge in [-0.05, 0) is 23.6 Å². The summed E-state index contributed by atoms with van der Waals surface area (Å²) in [6, 6.07) is 4.58. The predicted molar refractivity (Wildman–Crippen MR) is 96.2 cm³/mol. The van der Waals surface area contributed by atoms with E-state index in [4.69, 9.17) is 9.26 Å². The molecule has 0 saturated carbocycles. The quantitative estimate of drug-likeness (QED) is 0.559. The average Bonchev–Trinajstić information content (AvgIpc) is 3.14. The molecule has 0 aliphatic carbocycles. The lowest BCUT2D eigenvalue weighted by atomic mass is 9.83. The molecule has 2 bridgehead atoms. The molecule has 2 aliphatic rings. The largest absolute Gasteiger partial charge is 0.479 e. The summed E-state index contributed by atoms with van der Waals surface area (Å²) in [6.07, 6.45) is 1.61. The molecule has 10 heteroatoms. The summed E-state index contributed by atoms with van der Waals surface area (Å²) in [7, 11) is 1.50. The minimum absolute atomic E-state index is 0.00956. The van der Waals surface area contributed by atoms with Gasteiger partial charge in [0.2, 0.25) is 5.91 Å². The van der Waals surface area contributed by atoms with E-state index in [9.17, 15) is 19.7 Å². The molecule has 4 rings (SSSR count). The molecule has 2 aliphatic heterocycles. The van der Waals surface area contributed by atoms with Gasteiger partial charge in [0.1, 0.15) is 5.76 Å². The van der Waals surface area contributed by atoms with Crippen molar-refractivity contribution < 1.29 is 19.0 Å². The molecule has 1 fully saturated rings. The molecule has 10 nitrogen and oxygen atoms in total. The number of carbonyl (C=O) groups excluding carboxylic acids is 1. The van der Waals surface area contributed by atoms with Crippen molar-refractivity contribution in [1.29, 1.82) is 0 Å². The topological polar surface area (TPSA) is 121 Å². The zero-order valence-corrected chi connectivity index (χ0v) is 15.4. The Morgan fingerprint density at radius 1 is 1.39 bits per heavy atom. The Bertz CT molecular complexity index is 981. The normalized spacial score (nSPS) is 20.5. The number of hydrogen-bond acceptors (Lipinski definition) is 7. The third kappa shape index (κ3) is 3.25. The number of nitrogens with zero attached hydrogens (tertiary/aromatic N) is 4. The van der Waals surface area contributed by atoms with Gasteiger partial charge in [0.15, 0.2) is 0 Å². The number of likely N-dealkylation sites (tertiary alicyclic amines) is 1. The van der Waals surface area contributed by atoms with Crippen LogP contribution in [-0.4, -0.2) is 45.7 Å². The molecule has 1 amide bonds. The van der Waals surface area contributed by atoms with E-state index >= 15 is 0 Å². The van der Waals surface area contributed by atoms with E-state index in [1.54, 1.807) is 12.1 Å². The first-order valence-electron chi connectivity index (χ1n) is 9.11. The van der Waals surface area contributed by atoms with Crippen LogP contribution in [0.2, 0.25) is 0 Å². The van der Waals surface area contributed by atoms with Gasteiger partial charge in [-0.2, -0.15) is 0 Å². The Labute approximate surface area is 159 Å². The maximum atomic E-state index is 12.7. The monoisotopic (exact) mass is 388 g/mol. The third-order valence-electron chi connectivity index (χ3n) is 5.47. The van der Waals surface area contributed by atoms with Gasteiger partial charge in [0, 0.05) is 56.2 Å². The zero-order chi connectivity index (χ0) is 19.8. The van der Waals surface area contributed by atoms with Crippen LogP contribution < -0.4 is 10.3 Å². The summed E-state index contributed by atoms with van der Waals surface area (Å²) < 4.78 is 11.6. The van der Waals surface area contributed by atoms with Crippen LogP contribution in [0.25, 0.3) is 0 Å². The number of piperidine rings is 1. The van der Waals surface area contributed by atoms with Gasteiger partial charge in [-0.1, -0.05) is 0 Å². The van der Waals surface area contributed by atoms with Gasteiger partial charge in [-0.25, -0.2) is 0 Å². The van der Waals surface area contributed by atoms with E-state index in [0.717, 1.165) is 12.1 Å². The minimum Gasteiger partial charge on any atom is -0.479 e. The molecule has 0 aromatic carbocycles. The fourth-order valence-electron chi connectivity index (χ4n) is 4.17. The second kappa shape index (κ2) is 7.10. The van der Waals surface area contributed by atoms with Crippen molar-refractivity contribution in [2.75, 3.05) is 20.2 Å². The number of fused-ring (bicyclic) bond motifs is 4. The predicted octanol–water partition coefficient (Wildman–Crippen LogP) is 1.33. The van der Waals surface area contributed by atoms with E-state index in [2.05, 4.69) is 5.16 Å². The number of ether oxygens (including phenoxy) is 1. The van der Waals surface area contributed by atoms with Gasteiger partial charge in [0.05, 0.1) is 12.0 Å². The van der Waals surface area contributed by atoms with Crippen molar-refractivity contribution in [3.05, 3.63) is 50.1 Å². The maximum absolute atomic E-state index is 12.7. The van der Waals surface area contributed by atoms with E-state index in [1.165, 1.54) is 17.7 Å². The van der Waals surface area contributed by atoms with E-state index in [1.807, 2.05) is 4.90 Å². The molecule has 0 N–H and O–H groups in total. The number of carbonyl (C=O) groups is 1. The van der Waals surface area contributed by atoms with Gasteiger partial charge in [-0.15, -0.1) is 0 Å². The molecule has 148 valence electrons. The molecule has 0 radical (unpaired) electrons. The standard InChI is InChI=1S/C18H20N4O6/c1-27-16-7-13(28-19-16)2-5-17(23)20-8-11-6-12(10-20)14-3-4-15(22(25)26)18(24)21(14)9-11/h3-4,7,11-12H,2,5-6,8-10H2,1H3/t11-,12-/m1/s1. The SMILES string of the molecule is COc1cc(CCC(=O)N2C[C@H]3C[C@H](C2)c2ccc([N+](=O)[O-])c(=O)n2C3)on1. The number of pyridine rings is 1. The van der Waals surface area contributed by atoms with Gasteiger partial charge < -0.3 is 18.7 Å². The van der Waals surface area contributed by atoms with E-state index in [-0.39, 0.29) is 17.7 Å². The number of methoxy groups -OCH3 is 1. The molecule has 2 aromatic heterocycles. The molecule has 4 heterocycles. The highest BCUT2D eigenvalue weighted by Gasteiger charge is 2.37. The van der Waals surface area contributed by atoms with Crippen molar-refractivity contribution in [3.8, 4) is 5.88 Å². The minimum atomic E-state index is -0.645. The number of nitro groups is 1. The number of amides is 1. The number of aryl methyl sites for hydroxylation is 1. The first-order chi connectivity index (χ1) is 13.5. The third-order valence-corrected chi connectivity index (χ3v) is 5.47. The van der Waals surface area contributed by atoms with Crippen molar-refractivity contribution >= 4 is 11.6 Å². The number of aromatic nitrogens is 2. The van der Waals surface area contributed by atoms with Crippen molar-refractivity contribution in [2.45, 2.75) is 31.7 Å². The zero-order valence-electron chi connectivity index (χ0n) is 15.4. The fourth-order valence-corrected chi connectivity index (χ4v) is 4.17. The Balaban J connectivity index is 1.46. The van der Waals surface area contributed by atoms with Crippen LogP contribution in [0.4, 0.5) is 5.69 Å². The van der Waals surface area contributed by atoms with Crippen LogP contribution >= 0.6 is 0 Å². The lowest BCUT2D eigenvalue weighted by molar-refractivity contribution is -0.386. The number of rotatable bonds is 5. The Hall–Kier alpha value is -3.17. The summed E-state index contributed by atoms with van der Waals surface area (Å²) in [5.74, 6) is 1.11.